The van der Waals surface area contributed by atoms with Crippen molar-refractivity contribution in [1.82, 2.24) is 10.2 Å². The van der Waals surface area contributed by atoms with Gasteiger partial charge in [-0.15, -0.1) is 0 Å². The summed E-state index contributed by atoms with van der Waals surface area (Å²) in [6.07, 6.45) is 1.48. The van der Waals surface area contributed by atoms with Gasteiger partial charge in [0, 0.05) is 13.6 Å². The zero-order chi connectivity index (χ0) is 10.7. The van der Waals surface area contributed by atoms with Gasteiger partial charge in [-0.25, -0.2) is 0 Å². The maximum atomic E-state index is 11.5. The molecule has 0 saturated carbocycles. The number of hydrogen-bond acceptors (Lipinski definition) is 2. The van der Waals surface area contributed by atoms with Gasteiger partial charge in [-0.1, -0.05) is 23.2 Å². The summed E-state index contributed by atoms with van der Waals surface area (Å²) in [6, 6.07) is -0.410. The van der Waals surface area contributed by atoms with Crippen LogP contribution in [-0.2, 0) is 9.59 Å². The van der Waals surface area contributed by atoms with Gasteiger partial charge in [0.2, 0.25) is 5.91 Å². The highest BCUT2D eigenvalue weighted by molar-refractivity contribution is 6.53. The van der Waals surface area contributed by atoms with E-state index in [0.717, 1.165) is 6.42 Å². The second kappa shape index (κ2) is 4.84. The smallest absolute Gasteiger partial charge is 0.256 e. The molecule has 2 amide bonds. The van der Waals surface area contributed by atoms with Crippen LogP contribution in [0.5, 0.6) is 0 Å². The Labute approximate surface area is 92.5 Å². The standard InChI is InChI=1S/C8H12Cl2N2O2/c1-11-7(13)5-3-2-4-12(5)8(14)6(9)10/h5-6H,2-4H2,1H3,(H,11,13). The molecular formula is C8H12Cl2N2O2. The fourth-order valence-electron chi connectivity index (χ4n) is 1.60. The van der Waals surface area contributed by atoms with Crippen LogP contribution in [-0.4, -0.2) is 41.2 Å². The zero-order valence-electron chi connectivity index (χ0n) is 7.80. The van der Waals surface area contributed by atoms with Gasteiger partial charge < -0.3 is 10.2 Å². The molecule has 1 aliphatic heterocycles. The van der Waals surface area contributed by atoms with Crippen LogP contribution < -0.4 is 5.32 Å². The third-order valence-electron chi connectivity index (χ3n) is 2.27. The third-order valence-corrected chi connectivity index (χ3v) is 2.64. The molecule has 0 radical (unpaired) electrons. The normalized spacial score (nSPS) is 21.4. The Bertz CT molecular complexity index is 245. The van der Waals surface area contributed by atoms with Gasteiger partial charge in [0.1, 0.15) is 6.04 Å². The quantitative estimate of drug-likeness (QED) is 0.714. The van der Waals surface area contributed by atoms with Gasteiger partial charge in [0.25, 0.3) is 5.91 Å². The average Bonchev–Trinajstić information content (AvgIpc) is 2.63. The highest BCUT2D eigenvalue weighted by Crippen LogP contribution is 2.20. The van der Waals surface area contributed by atoms with Gasteiger partial charge in [-0.2, -0.15) is 0 Å². The average molecular weight is 239 g/mol. The maximum absolute atomic E-state index is 11.5. The Balaban J connectivity index is 2.68. The molecule has 0 bridgehead atoms. The first-order valence-electron chi connectivity index (χ1n) is 4.38. The lowest BCUT2D eigenvalue weighted by Gasteiger charge is -2.23. The number of nitrogens with one attached hydrogen (secondary N) is 1. The van der Waals surface area contributed by atoms with Crippen LogP contribution >= 0.6 is 23.2 Å². The fourth-order valence-corrected chi connectivity index (χ4v) is 1.85. The maximum Gasteiger partial charge on any atom is 0.256 e. The molecule has 0 aromatic heterocycles. The first-order valence-corrected chi connectivity index (χ1v) is 5.25. The molecule has 80 valence electrons. The molecule has 14 heavy (non-hydrogen) atoms. The van der Waals surface area contributed by atoms with Crippen molar-refractivity contribution in [2.45, 2.75) is 23.7 Å². The van der Waals surface area contributed by atoms with E-state index in [2.05, 4.69) is 5.32 Å². The minimum Gasteiger partial charge on any atom is -0.357 e. The summed E-state index contributed by atoms with van der Waals surface area (Å²) >= 11 is 10.9. The summed E-state index contributed by atoms with van der Waals surface area (Å²) in [5, 5.41) is 2.51. The highest BCUT2D eigenvalue weighted by Gasteiger charge is 2.35. The molecule has 0 spiro atoms. The fraction of sp³-hybridized carbons (Fsp3) is 0.750. The van der Waals surface area contributed by atoms with Crippen LogP contribution in [0.1, 0.15) is 12.8 Å². The van der Waals surface area contributed by atoms with Gasteiger partial charge >= 0.3 is 0 Å². The van der Waals surface area contributed by atoms with Crippen molar-refractivity contribution < 1.29 is 9.59 Å². The van der Waals surface area contributed by atoms with Crippen molar-refractivity contribution in [3.63, 3.8) is 0 Å². The Morgan fingerprint density at radius 3 is 2.64 bits per heavy atom. The monoisotopic (exact) mass is 238 g/mol. The number of hydrogen-bond donors (Lipinski definition) is 1. The minimum absolute atomic E-state index is 0.162. The summed E-state index contributed by atoms with van der Waals surface area (Å²) < 4.78 is 0. The Morgan fingerprint density at radius 2 is 2.14 bits per heavy atom. The lowest BCUT2D eigenvalue weighted by Crippen LogP contribution is -2.46. The Morgan fingerprint density at radius 1 is 1.50 bits per heavy atom. The summed E-state index contributed by atoms with van der Waals surface area (Å²) in [5.41, 5.74) is 0. The topological polar surface area (TPSA) is 49.4 Å². The summed E-state index contributed by atoms with van der Waals surface area (Å²) in [6.45, 7) is 0.548. The number of alkyl halides is 2. The van der Waals surface area contributed by atoms with Crippen molar-refractivity contribution in [2.24, 2.45) is 0 Å². The van der Waals surface area contributed by atoms with Crippen LogP contribution in [0.2, 0.25) is 0 Å². The molecule has 1 heterocycles. The predicted octanol–water partition coefficient (Wildman–Crippen LogP) is 0.527. The molecule has 0 aliphatic carbocycles. The summed E-state index contributed by atoms with van der Waals surface area (Å²) in [5.74, 6) is -0.552. The van der Waals surface area contributed by atoms with Crippen molar-refractivity contribution in [3.05, 3.63) is 0 Å². The zero-order valence-corrected chi connectivity index (χ0v) is 9.31. The lowest BCUT2D eigenvalue weighted by atomic mass is 10.2. The van der Waals surface area contributed by atoms with E-state index in [1.807, 2.05) is 0 Å². The predicted molar refractivity (Wildman–Crippen MR) is 54.3 cm³/mol. The molecule has 1 saturated heterocycles. The molecule has 1 N–H and O–H groups in total. The third kappa shape index (κ3) is 2.30. The van der Waals surface area contributed by atoms with E-state index in [-0.39, 0.29) is 11.8 Å². The van der Waals surface area contributed by atoms with E-state index in [1.54, 1.807) is 7.05 Å². The van der Waals surface area contributed by atoms with E-state index in [9.17, 15) is 9.59 Å². The number of nitrogens with zero attached hydrogens (tertiary/aromatic N) is 1. The summed E-state index contributed by atoms with van der Waals surface area (Å²) in [4.78, 5) is 23.2. The highest BCUT2D eigenvalue weighted by atomic mass is 35.5. The molecular weight excluding hydrogens is 227 g/mol. The number of amides is 2. The number of carbonyl (C=O) groups excluding carboxylic acids is 2. The molecule has 1 fully saturated rings. The molecule has 6 heteroatoms. The van der Waals surface area contributed by atoms with Crippen molar-refractivity contribution in [3.8, 4) is 0 Å². The molecule has 1 unspecified atom stereocenters. The molecule has 4 nitrogen and oxygen atoms in total. The van der Waals surface area contributed by atoms with E-state index in [1.165, 1.54) is 4.90 Å². The van der Waals surface area contributed by atoms with Crippen molar-refractivity contribution in [2.75, 3.05) is 13.6 Å². The summed E-state index contributed by atoms with van der Waals surface area (Å²) in [7, 11) is 1.54. The van der Waals surface area contributed by atoms with Crippen LogP contribution in [0.3, 0.4) is 0 Å². The molecule has 0 aromatic carbocycles. The van der Waals surface area contributed by atoms with E-state index >= 15 is 0 Å². The van der Waals surface area contributed by atoms with E-state index in [4.69, 9.17) is 23.2 Å². The van der Waals surface area contributed by atoms with E-state index in [0.29, 0.717) is 13.0 Å². The van der Waals surface area contributed by atoms with Gasteiger partial charge in [0.15, 0.2) is 4.84 Å². The number of halogens is 2. The second-order valence-electron chi connectivity index (χ2n) is 3.10. The van der Waals surface area contributed by atoms with Crippen LogP contribution in [0.4, 0.5) is 0 Å². The lowest BCUT2D eigenvalue weighted by molar-refractivity contribution is -0.136. The number of likely N-dealkylation sites (tertiary alicyclic amines) is 1. The van der Waals surface area contributed by atoms with Crippen LogP contribution in [0.15, 0.2) is 0 Å². The Kier molecular flexibility index (Phi) is 4.01. The number of rotatable bonds is 2. The van der Waals surface area contributed by atoms with Crippen molar-refractivity contribution >= 4 is 35.0 Å². The number of carbonyl (C=O) groups is 2. The first kappa shape index (κ1) is 11.6. The largest absolute Gasteiger partial charge is 0.357 e. The minimum atomic E-state index is -1.08. The van der Waals surface area contributed by atoms with E-state index < -0.39 is 10.9 Å². The molecule has 1 atom stereocenters. The second-order valence-corrected chi connectivity index (χ2v) is 4.20. The van der Waals surface area contributed by atoms with Crippen LogP contribution in [0.25, 0.3) is 0 Å². The number of likely N-dealkylation sites (N-methyl/N-ethyl adjacent to an activating group) is 1. The Hall–Kier alpha value is -0.480. The molecule has 0 aromatic rings. The first-order chi connectivity index (χ1) is 6.57. The SMILES string of the molecule is CNC(=O)C1CCCN1C(=O)C(Cl)Cl. The van der Waals surface area contributed by atoms with Crippen LogP contribution in [0, 0.1) is 0 Å². The molecule has 1 aliphatic rings. The molecule has 1 rings (SSSR count). The van der Waals surface area contributed by atoms with Gasteiger partial charge in [-0.05, 0) is 12.8 Å². The van der Waals surface area contributed by atoms with Gasteiger partial charge in [0.05, 0.1) is 0 Å². The van der Waals surface area contributed by atoms with Crippen molar-refractivity contribution in [1.29, 1.82) is 0 Å². The van der Waals surface area contributed by atoms with Gasteiger partial charge in [-0.3, -0.25) is 9.59 Å².